The van der Waals surface area contributed by atoms with E-state index in [9.17, 15) is 9.59 Å². The van der Waals surface area contributed by atoms with Crippen LogP contribution in [0.3, 0.4) is 0 Å². The molecule has 0 bridgehead atoms. The molecule has 5 nitrogen and oxygen atoms in total. The largest absolute Gasteiger partial charge is 0.478 e. The Morgan fingerprint density at radius 3 is 1.77 bits per heavy atom. The highest BCUT2D eigenvalue weighted by atomic mass is 16.5. The summed E-state index contributed by atoms with van der Waals surface area (Å²) in [6.45, 7) is 1.29. The second-order valence-electron chi connectivity index (χ2n) is 4.79. The number of benzene rings is 2. The lowest BCUT2D eigenvalue weighted by atomic mass is 10.1. The molecule has 0 aliphatic rings. The van der Waals surface area contributed by atoms with E-state index in [1.165, 1.54) is 7.11 Å². The van der Waals surface area contributed by atoms with Gasteiger partial charge in [0, 0.05) is 13.1 Å². The van der Waals surface area contributed by atoms with Gasteiger partial charge in [0.2, 0.25) is 0 Å². The zero-order valence-corrected chi connectivity index (χ0v) is 12.2. The molecular weight excluding hydrogens is 282 g/mol. The lowest BCUT2D eigenvalue weighted by molar-refractivity contribution is 0.0599. The van der Waals surface area contributed by atoms with E-state index in [-0.39, 0.29) is 11.5 Å². The van der Waals surface area contributed by atoms with Gasteiger partial charge in [-0.15, -0.1) is 0 Å². The van der Waals surface area contributed by atoms with Crippen molar-refractivity contribution in [3.63, 3.8) is 0 Å². The molecule has 0 amide bonds. The van der Waals surface area contributed by atoms with Crippen LogP contribution in [-0.4, -0.2) is 24.2 Å². The smallest absolute Gasteiger partial charge is 0.337 e. The van der Waals surface area contributed by atoms with Crippen molar-refractivity contribution in [3.05, 3.63) is 70.8 Å². The standard InChI is InChI=1S/C17H17NO4/c1-22-17(21)15-8-4-13(5-9-15)11-18-10-12-2-6-14(7-3-12)16(19)20/h2-9,18H,10-11H2,1H3,(H,19,20). The number of aromatic carboxylic acids is 1. The Bertz CT molecular complexity index is 647. The van der Waals surface area contributed by atoms with Crippen LogP contribution in [-0.2, 0) is 17.8 Å². The predicted octanol–water partition coefficient (Wildman–Crippen LogP) is 2.46. The second-order valence-corrected chi connectivity index (χ2v) is 4.79. The van der Waals surface area contributed by atoms with Crippen molar-refractivity contribution in [3.8, 4) is 0 Å². The van der Waals surface area contributed by atoms with Crippen LogP contribution in [0.1, 0.15) is 31.8 Å². The molecule has 0 heterocycles. The zero-order valence-electron chi connectivity index (χ0n) is 12.2. The Labute approximate surface area is 128 Å². The summed E-state index contributed by atoms with van der Waals surface area (Å²) in [7, 11) is 1.35. The number of carboxylic acid groups (broad SMARTS) is 1. The maximum atomic E-state index is 11.3. The molecule has 2 aromatic carbocycles. The summed E-state index contributed by atoms with van der Waals surface area (Å²) in [5, 5.41) is 12.1. The van der Waals surface area contributed by atoms with Crippen LogP contribution in [0.4, 0.5) is 0 Å². The molecule has 0 fully saturated rings. The van der Waals surface area contributed by atoms with E-state index >= 15 is 0 Å². The van der Waals surface area contributed by atoms with E-state index in [4.69, 9.17) is 5.11 Å². The number of hydrogen-bond acceptors (Lipinski definition) is 4. The predicted molar refractivity (Wildman–Crippen MR) is 81.7 cm³/mol. The molecular formula is C17H17NO4. The molecule has 22 heavy (non-hydrogen) atoms. The van der Waals surface area contributed by atoms with Gasteiger partial charge in [-0.3, -0.25) is 0 Å². The van der Waals surface area contributed by atoms with Gasteiger partial charge in [0.15, 0.2) is 0 Å². The molecule has 0 aliphatic heterocycles. The van der Waals surface area contributed by atoms with Gasteiger partial charge in [0.05, 0.1) is 18.2 Å². The SMILES string of the molecule is COC(=O)c1ccc(CNCc2ccc(C(=O)O)cc2)cc1. The van der Waals surface area contributed by atoms with Crippen LogP contribution in [0, 0.1) is 0 Å². The highest BCUT2D eigenvalue weighted by Gasteiger charge is 2.04. The van der Waals surface area contributed by atoms with E-state index in [0.29, 0.717) is 18.7 Å². The minimum absolute atomic E-state index is 0.280. The summed E-state index contributed by atoms with van der Waals surface area (Å²) >= 11 is 0. The molecule has 0 unspecified atom stereocenters. The first-order valence-corrected chi connectivity index (χ1v) is 6.80. The van der Waals surface area contributed by atoms with Crippen LogP contribution in [0.2, 0.25) is 0 Å². The van der Waals surface area contributed by atoms with Gasteiger partial charge >= 0.3 is 11.9 Å². The van der Waals surface area contributed by atoms with E-state index in [1.54, 1.807) is 36.4 Å². The molecule has 0 atom stereocenters. The fourth-order valence-corrected chi connectivity index (χ4v) is 1.99. The van der Waals surface area contributed by atoms with Gasteiger partial charge in [-0.25, -0.2) is 9.59 Å². The van der Waals surface area contributed by atoms with Crippen molar-refractivity contribution in [2.75, 3.05) is 7.11 Å². The zero-order chi connectivity index (χ0) is 15.9. The molecule has 5 heteroatoms. The van der Waals surface area contributed by atoms with Gasteiger partial charge in [0.1, 0.15) is 0 Å². The Hall–Kier alpha value is -2.66. The maximum absolute atomic E-state index is 11.3. The molecule has 0 radical (unpaired) electrons. The quantitative estimate of drug-likeness (QED) is 0.801. The van der Waals surface area contributed by atoms with Crippen molar-refractivity contribution in [2.24, 2.45) is 0 Å². The van der Waals surface area contributed by atoms with Crippen LogP contribution >= 0.6 is 0 Å². The number of carbonyl (C=O) groups excluding carboxylic acids is 1. The summed E-state index contributed by atoms with van der Waals surface area (Å²) in [6, 6.07) is 13.9. The molecule has 114 valence electrons. The van der Waals surface area contributed by atoms with Gasteiger partial charge in [0.25, 0.3) is 0 Å². The third-order valence-corrected chi connectivity index (χ3v) is 3.23. The third kappa shape index (κ3) is 4.17. The first-order valence-electron chi connectivity index (χ1n) is 6.80. The molecule has 0 aromatic heterocycles. The van der Waals surface area contributed by atoms with Crippen molar-refractivity contribution < 1.29 is 19.4 Å². The van der Waals surface area contributed by atoms with Crippen molar-refractivity contribution in [1.29, 1.82) is 0 Å². The molecule has 0 aliphatic carbocycles. The average Bonchev–Trinajstić information content (AvgIpc) is 2.55. The number of hydrogen-bond donors (Lipinski definition) is 2. The second kappa shape index (κ2) is 7.38. The molecule has 2 rings (SSSR count). The molecule has 0 saturated carbocycles. The van der Waals surface area contributed by atoms with Crippen molar-refractivity contribution >= 4 is 11.9 Å². The van der Waals surface area contributed by atoms with E-state index in [0.717, 1.165) is 11.1 Å². The van der Waals surface area contributed by atoms with Gasteiger partial charge in [-0.1, -0.05) is 24.3 Å². The minimum Gasteiger partial charge on any atom is -0.478 e. The first kappa shape index (κ1) is 15.7. The summed E-state index contributed by atoms with van der Waals surface area (Å²) in [5.74, 6) is -1.27. The van der Waals surface area contributed by atoms with E-state index in [2.05, 4.69) is 10.1 Å². The number of rotatable bonds is 6. The summed E-state index contributed by atoms with van der Waals surface area (Å²) in [4.78, 5) is 22.1. The Morgan fingerprint density at radius 1 is 0.909 bits per heavy atom. The first-order chi connectivity index (χ1) is 10.6. The fourth-order valence-electron chi connectivity index (χ4n) is 1.99. The van der Waals surface area contributed by atoms with E-state index < -0.39 is 5.97 Å². The van der Waals surface area contributed by atoms with Gasteiger partial charge in [-0.05, 0) is 35.4 Å². The van der Waals surface area contributed by atoms with Gasteiger partial charge in [-0.2, -0.15) is 0 Å². The van der Waals surface area contributed by atoms with Crippen LogP contribution in [0.25, 0.3) is 0 Å². The highest BCUT2D eigenvalue weighted by Crippen LogP contribution is 2.07. The summed E-state index contributed by atoms with van der Waals surface area (Å²) in [5.41, 5.74) is 2.86. The Morgan fingerprint density at radius 2 is 1.36 bits per heavy atom. The maximum Gasteiger partial charge on any atom is 0.337 e. The monoisotopic (exact) mass is 299 g/mol. The van der Waals surface area contributed by atoms with Crippen LogP contribution in [0.15, 0.2) is 48.5 Å². The van der Waals surface area contributed by atoms with E-state index in [1.807, 2.05) is 12.1 Å². The summed E-state index contributed by atoms with van der Waals surface area (Å²) < 4.78 is 4.65. The van der Waals surface area contributed by atoms with Gasteiger partial charge < -0.3 is 15.2 Å². The topological polar surface area (TPSA) is 75.6 Å². The van der Waals surface area contributed by atoms with Crippen molar-refractivity contribution in [2.45, 2.75) is 13.1 Å². The summed E-state index contributed by atoms with van der Waals surface area (Å²) in [6.07, 6.45) is 0. The fraction of sp³-hybridized carbons (Fsp3) is 0.176. The normalized spacial score (nSPS) is 10.2. The third-order valence-electron chi connectivity index (χ3n) is 3.23. The number of carboxylic acids is 1. The molecule has 2 N–H and O–H groups in total. The number of ether oxygens (including phenoxy) is 1. The number of esters is 1. The van der Waals surface area contributed by atoms with Crippen molar-refractivity contribution in [1.82, 2.24) is 5.32 Å². The van der Waals surface area contributed by atoms with Crippen LogP contribution < -0.4 is 5.32 Å². The number of nitrogens with one attached hydrogen (secondary N) is 1. The molecule has 0 saturated heterocycles. The average molecular weight is 299 g/mol. The molecule has 2 aromatic rings. The number of carbonyl (C=O) groups is 2. The Kier molecular flexibility index (Phi) is 5.27. The minimum atomic E-state index is -0.926. The highest BCUT2D eigenvalue weighted by molar-refractivity contribution is 5.89. The number of methoxy groups -OCH3 is 1. The van der Waals surface area contributed by atoms with Crippen LogP contribution in [0.5, 0.6) is 0 Å². The Balaban J connectivity index is 1.85. The lowest BCUT2D eigenvalue weighted by Crippen LogP contribution is -2.13. The lowest BCUT2D eigenvalue weighted by Gasteiger charge is -2.06. The molecule has 0 spiro atoms.